The Bertz CT molecular complexity index is 429. The molecule has 0 bridgehead atoms. The van der Waals surface area contributed by atoms with Crippen LogP contribution in [0.15, 0.2) is 0 Å². The highest BCUT2D eigenvalue weighted by Crippen LogP contribution is 2.22. The molecule has 0 saturated carbocycles. The number of unbranched alkanes of at least 4 members (excludes halogenated alkanes) is 7. The van der Waals surface area contributed by atoms with Crippen LogP contribution in [-0.4, -0.2) is 58.6 Å². The molecule has 0 amide bonds. The van der Waals surface area contributed by atoms with E-state index in [1.54, 1.807) is 0 Å². The summed E-state index contributed by atoms with van der Waals surface area (Å²) < 4.78 is 22.3. The molecule has 0 aliphatic heterocycles. The first-order chi connectivity index (χ1) is 17.2. The largest absolute Gasteiger partial charge is 0.379 e. The molecular formula is C30H60O5. The number of ether oxygens (including phenoxy) is 4. The molecule has 0 heterocycles. The first-order valence-electron chi connectivity index (χ1n) is 15.0. The summed E-state index contributed by atoms with van der Waals surface area (Å²) in [6.07, 6.45) is 19.3. The van der Waals surface area contributed by atoms with Crippen LogP contribution in [0.2, 0.25) is 0 Å². The zero-order valence-corrected chi connectivity index (χ0v) is 24.0. The Labute approximate surface area is 218 Å². The number of carbonyl (C=O) groups excluding carboxylic acids is 1. The van der Waals surface area contributed by atoms with Gasteiger partial charge in [0.05, 0.1) is 39.6 Å². The highest BCUT2D eigenvalue weighted by Gasteiger charge is 2.12. The van der Waals surface area contributed by atoms with Crippen LogP contribution in [0.4, 0.5) is 0 Å². The SMILES string of the molecule is CCCCCCC(CCCCC)CCCOCCOCCOCCOCC(=O)C(C)CCCCC. The van der Waals surface area contributed by atoms with Crippen molar-refractivity contribution in [3.05, 3.63) is 0 Å². The maximum Gasteiger partial charge on any atom is 0.161 e. The van der Waals surface area contributed by atoms with Gasteiger partial charge in [0, 0.05) is 12.5 Å². The lowest BCUT2D eigenvalue weighted by molar-refractivity contribution is -0.127. The molecule has 0 aliphatic carbocycles. The van der Waals surface area contributed by atoms with Crippen LogP contribution in [-0.2, 0) is 23.7 Å². The Hall–Kier alpha value is -0.490. The molecule has 35 heavy (non-hydrogen) atoms. The van der Waals surface area contributed by atoms with Gasteiger partial charge in [-0.1, -0.05) is 105 Å². The summed E-state index contributed by atoms with van der Waals surface area (Å²) in [5.41, 5.74) is 0. The van der Waals surface area contributed by atoms with Crippen molar-refractivity contribution < 1.29 is 23.7 Å². The van der Waals surface area contributed by atoms with Gasteiger partial charge in [-0.05, 0) is 25.2 Å². The molecule has 5 heteroatoms. The number of hydrogen-bond acceptors (Lipinski definition) is 5. The van der Waals surface area contributed by atoms with Crippen LogP contribution in [0.25, 0.3) is 0 Å². The van der Waals surface area contributed by atoms with Crippen LogP contribution in [0.5, 0.6) is 0 Å². The van der Waals surface area contributed by atoms with Gasteiger partial charge in [0.2, 0.25) is 0 Å². The van der Waals surface area contributed by atoms with Crippen molar-refractivity contribution in [3.8, 4) is 0 Å². The minimum Gasteiger partial charge on any atom is -0.379 e. The summed E-state index contributed by atoms with van der Waals surface area (Å²) >= 11 is 0. The number of hydrogen-bond donors (Lipinski definition) is 0. The lowest BCUT2D eigenvalue weighted by atomic mass is 9.91. The van der Waals surface area contributed by atoms with Gasteiger partial charge >= 0.3 is 0 Å². The molecule has 2 unspecified atom stereocenters. The normalized spacial score (nSPS) is 13.3. The van der Waals surface area contributed by atoms with Crippen LogP contribution in [0, 0.1) is 11.8 Å². The fraction of sp³-hybridized carbons (Fsp3) is 0.967. The lowest BCUT2D eigenvalue weighted by Crippen LogP contribution is -2.19. The van der Waals surface area contributed by atoms with Crippen molar-refractivity contribution in [1.82, 2.24) is 0 Å². The molecular weight excluding hydrogens is 440 g/mol. The van der Waals surface area contributed by atoms with Gasteiger partial charge in [-0.25, -0.2) is 0 Å². The molecule has 0 aromatic carbocycles. The van der Waals surface area contributed by atoms with E-state index >= 15 is 0 Å². The fourth-order valence-corrected chi connectivity index (χ4v) is 4.29. The predicted octanol–water partition coefficient (Wildman–Crippen LogP) is 7.79. The van der Waals surface area contributed by atoms with E-state index in [4.69, 9.17) is 18.9 Å². The average molecular weight is 501 g/mol. The Morgan fingerprint density at radius 2 is 0.943 bits per heavy atom. The summed E-state index contributed by atoms with van der Waals surface area (Å²) in [7, 11) is 0. The van der Waals surface area contributed by atoms with Crippen LogP contribution < -0.4 is 0 Å². The van der Waals surface area contributed by atoms with Crippen molar-refractivity contribution in [2.75, 3.05) is 52.9 Å². The number of carbonyl (C=O) groups is 1. The first-order valence-corrected chi connectivity index (χ1v) is 15.0. The van der Waals surface area contributed by atoms with E-state index < -0.39 is 0 Å². The zero-order chi connectivity index (χ0) is 25.8. The third kappa shape index (κ3) is 25.0. The first kappa shape index (κ1) is 34.5. The smallest absolute Gasteiger partial charge is 0.161 e. The molecule has 0 radical (unpaired) electrons. The maximum atomic E-state index is 12.0. The monoisotopic (exact) mass is 500 g/mol. The van der Waals surface area contributed by atoms with E-state index in [-0.39, 0.29) is 18.3 Å². The van der Waals surface area contributed by atoms with Crippen molar-refractivity contribution in [1.29, 1.82) is 0 Å². The van der Waals surface area contributed by atoms with Gasteiger partial charge < -0.3 is 18.9 Å². The van der Waals surface area contributed by atoms with Crippen molar-refractivity contribution in [3.63, 3.8) is 0 Å². The van der Waals surface area contributed by atoms with Gasteiger partial charge in [0.15, 0.2) is 5.78 Å². The van der Waals surface area contributed by atoms with E-state index in [2.05, 4.69) is 20.8 Å². The molecule has 0 fully saturated rings. The summed E-state index contributed by atoms with van der Waals surface area (Å²) in [5, 5.41) is 0. The van der Waals surface area contributed by atoms with E-state index in [1.165, 1.54) is 77.0 Å². The average Bonchev–Trinajstić information content (AvgIpc) is 2.86. The molecule has 0 N–H and O–H groups in total. The van der Waals surface area contributed by atoms with E-state index in [0.29, 0.717) is 39.6 Å². The highest BCUT2D eigenvalue weighted by molar-refractivity contribution is 5.81. The standard InChI is InChI=1S/C30H60O5/c1-5-8-11-14-18-29(17-13-10-7-3)19-15-20-32-21-22-33-23-24-34-25-26-35-27-30(31)28(4)16-12-9-6-2/h28-29H,5-27H2,1-4H3. The minimum absolute atomic E-state index is 0.0980. The second-order valence-electron chi connectivity index (χ2n) is 10.1. The van der Waals surface area contributed by atoms with Crippen LogP contribution in [0.1, 0.15) is 124 Å². The number of rotatable bonds is 29. The highest BCUT2D eigenvalue weighted by atomic mass is 16.6. The Morgan fingerprint density at radius 1 is 0.514 bits per heavy atom. The number of ketones is 1. The predicted molar refractivity (Wildman–Crippen MR) is 147 cm³/mol. The summed E-state index contributed by atoms with van der Waals surface area (Å²) in [6.45, 7) is 13.1. The van der Waals surface area contributed by atoms with E-state index in [0.717, 1.165) is 31.8 Å². The van der Waals surface area contributed by atoms with Crippen molar-refractivity contribution in [2.24, 2.45) is 11.8 Å². The van der Waals surface area contributed by atoms with Crippen LogP contribution >= 0.6 is 0 Å². The third-order valence-corrected chi connectivity index (χ3v) is 6.73. The fourth-order valence-electron chi connectivity index (χ4n) is 4.29. The molecule has 2 atom stereocenters. The number of Topliss-reactive ketones (excluding diaryl/α,β-unsaturated/α-hetero) is 1. The van der Waals surface area contributed by atoms with Crippen molar-refractivity contribution in [2.45, 2.75) is 124 Å². The Kier molecular flexibility index (Phi) is 27.7. The van der Waals surface area contributed by atoms with E-state index in [9.17, 15) is 4.79 Å². The summed E-state index contributed by atoms with van der Waals surface area (Å²) in [4.78, 5) is 12.0. The molecule has 210 valence electrons. The molecule has 0 spiro atoms. The Morgan fingerprint density at radius 3 is 1.51 bits per heavy atom. The lowest BCUT2D eigenvalue weighted by Gasteiger charge is -2.17. The molecule has 5 nitrogen and oxygen atoms in total. The zero-order valence-electron chi connectivity index (χ0n) is 24.0. The van der Waals surface area contributed by atoms with E-state index in [1.807, 2.05) is 6.92 Å². The Balaban J connectivity index is 3.50. The van der Waals surface area contributed by atoms with Gasteiger partial charge in [-0.2, -0.15) is 0 Å². The van der Waals surface area contributed by atoms with Gasteiger partial charge in [0.25, 0.3) is 0 Å². The third-order valence-electron chi connectivity index (χ3n) is 6.73. The molecule has 0 saturated heterocycles. The second-order valence-corrected chi connectivity index (χ2v) is 10.1. The molecule has 0 aromatic heterocycles. The maximum absolute atomic E-state index is 12.0. The van der Waals surface area contributed by atoms with Gasteiger partial charge in [0.1, 0.15) is 6.61 Å². The molecule has 0 rings (SSSR count). The summed E-state index contributed by atoms with van der Waals surface area (Å²) in [6, 6.07) is 0. The van der Waals surface area contributed by atoms with Crippen molar-refractivity contribution >= 4 is 5.78 Å². The van der Waals surface area contributed by atoms with Gasteiger partial charge in [-0.15, -0.1) is 0 Å². The minimum atomic E-state index is 0.0980. The van der Waals surface area contributed by atoms with Crippen LogP contribution in [0.3, 0.4) is 0 Å². The molecule has 0 aromatic rings. The summed E-state index contributed by atoms with van der Waals surface area (Å²) in [5.74, 6) is 1.18. The second kappa shape index (κ2) is 28.1. The quantitative estimate of drug-likeness (QED) is 0.0981. The van der Waals surface area contributed by atoms with Gasteiger partial charge in [-0.3, -0.25) is 4.79 Å². The topological polar surface area (TPSA) is 54.0 Å². The molecule has 0 aliphatic rings.